The maximum absolute atomic E-state index is 3.87. The lowest BCUT2D eigenvalue weighted by Crippen LogP contribution is -2.37. The zero-order valence-corrected chi connectivity index (χ0v) is 10.7. The number of hydrogen-bond donors (Lipinski definition) is 1. The molecule has 0 bridgehead atoms. The average Bonchev–Trinajstić information content (AvgIpc) is 2.88. The minimum absolute atomic E-state index is 0.681. The molecule has 0 aromatic carbocycles. The molecule has 1 heteroatoms. The summed E-state index contributed by atoms with van der Waals surface area (Å²) in [6.07, 6.45) is 8.62. The van der Waals surface area contributed by atoms with Gasteiger partial charge in [-0.1, -0.05) is 33.6 Å². The smallest absolute Gasteiger partial charge is 0.00954 e. The van der Waals surface area contributed by atoms with E-state index in [1.807, 2.05) is 0 Å². The van der Waals surface area contributed by atoms with Gasteiger partial charge in [0.05, 0.1) is 0 Å². The Balaban J connectivity index is 1.78. The second-order valence-electron chi connectivity index (χ2n) is 6.10. The molecule has 2 atom stereocenters. The summed E-state index contributed by atoms with van der Waals surface area (Å²) in [5.41, 5.74) is 0.681. The van der Waals surface area contributed by atoms with Crippen molar-refractivity contribution in [3.8, 4) is 0 Å². The molecular formula is C14H27N. The van der Waals surface area contributed by atoms with Crippen LogP contribution in [0, 0.1) is 17.3 Å². The van der Waals surface area contributed by atoms with Crippen LogP contribution < -0.4 is 5.32 Å². The third kappa shape index (κ3) is 2.38. The summed E-state index contributed by atoms with van der Waals surface area (Å²) < 4.78 is 0. The number of hydrogen-bond acceptors (Lipinski definition) is 1. The molecule has 1 nitrogen and oxygen atoms in total. The van der Waals surface area contributed by atoms with Gasteiger partial charge in [-0.3, -0.25) is 0 Å². The lowest BCUT2D eigenvalue weighted by atomic mass is 9.91. The Kier molecular flexibility index (Phi) is 3.39. The molecule has 15 heavy (non-hydrogen) atoms. The maximum Gasteiger partial charge on any atom is 0.00954 e. The predicted octanol–water partition coefficient (Wildman–Crippen LogP) is 3.59. The van der Waals surface area contributed by atoms with Crippen molar-refractivity contribution in [3.63, 3.8) is 0 Å². The van der Waals surface area contributed by atoms with Crippen molar-refractivity contribution in [2.24, 2.45) is 17.3 Å². The fourth-order valence-electron chi connectivity index (χ4n) is 3.25. The average molecular weight is 209 g/mol. The van der Waals surface area contributed by atoms with E-state index in [4.69, 9.17) is 0 Å². The van der Waals surface area contributed by atoms with Crippen LogP contribution in [-0.2, 0) is 0 Å². The van der Waals surface area contributed by atoms with Crippen molar-refractivity contribution in [3.05, 3.63) is 0 Å². The summed E-state index contributed by atoms with van der Waals surface area (Å²) >= 11 is 0. The Morgan fingerprint density at radius 1 is 1.27 bits per heavy atom. The highest BCUT2D eigenvalue weighted by atomic mass is 14.9. The Morgan fingerprint density at radius 2 is 2.00 bits per heavy atom. The standard InChI is InChI=1S/C14H27N/c1-4-12-6-5-7-13(12)15-10-14(8-9-14)11(2)3/h11-13,15H,4-10H2,1-3H3. The van der Waals surface area contributed by atoms with Gasteiger partial charge in [-0.05, 0) is 42.9 Å². The molecule has 0 aromatic heterocycles. The van der Waals surface area contributed by atoms with Crippen molar-refractivity contribution in [1.29, 1.82) is 0 Å². The van der Waals surface area contributed by atoms with Gasteiger partial charge in [0, 0.05) is 12.6 Å². The summed E-state index contributed by atoms with van der Waals surface area (Å²) in [7, 11) is 0. The van der Waals surface area contributed by atoms with Crippen LogP contribution in [0.2, 0.25) is 0 Å². The third-order valence-electron chi connectivity index (χ3n) is 5.02. The molecule has 0 amide bonds. The quantitative estimate of drug-likeness (QED) is 0.729. The largest absolute Gasteiger partial charge is 0.313 e. The first-order chi connectivity index (χ1) is 7.18. The lowest BCUT2D eigenvalue weighted by molar-refractivity contribution is 0.295. The predicted molar refractivity (Wildman–Crippen MR) is 65.9 cm³/mol. The van der Waals surface area contributed by atoms with Gasteiger partial charge in [0.2, 0.25) is 0 Å². The van der Waals surface area contributed by atoms with E-state index in [9.17, 15) is 0 Å². The van der Waals surface area contributed by atoms with Gasteiger partial charge in [0.1, 0.15) is 0 Å². The first-order valence-electron chi connectivity index (χ1n) is 6.91. The molecule has 2 aliphatic carbocycles. The molecule has 88 valence electrons. The van der Waals surface area contributed by atoms with Crippen molar-refractivity contribution in [1.82, 2.24) is 5.32 Å². The Hall–Kier alpha value is -0.0400. The topological polar surface area (TPSA) is 12.0 Å². The van der Waals surface area contributed by atoms with Crippen LogP contribution in [0.15, 0.2) is 0 Å². The molecule has 0 aromatic rings. The van der Waals surface area contributed by atoms with Gasteiger partial charge >= 0.3 is 0 Å². The van der Waals surface area contributed by atoms with E-state index in [-0.39, 0.29) is 0 Å². The summed E-state index contributed by atoms with van der Waals surface area (Å²) in [6, 6.07) is 0.839. The van der Waals surface area contributed by atoms with E-state index in [1.54, 1.807) is 0 Å². The van der Waals surface area contributed by atoms with Crippen molar-refractivity contribution in [2.45, 2.75) is 65.3 Å². The SMILES string of the molecule is CCC1CCCC1NCC1(C(C)C)CC1. The van der Waals surface area contributed by atoms with Gasteiger partial charge in [0.25, 0.3) is 0 Å². The number of rotatable bonds is 5. The van der Waals surface area contributed by atoms with Gasteiger partial charge in [0.15, 0.2) is 0 Å². The molecule has 2 fully saturated rings. The molecule has 0 radical (unpaired) electrons. The minimum Gasteiger partial charge on any atom is -0.313 e. The van der Waals surface area contributed by atoms with Gasteiger partial charge in [-0.15, -0.1) is 0 Å². The second-order valence-corrected chi connectivity index (χ2v) is 6.10. The monoisotopic (exact) mass is 209 g/mol. The summed E-state index contributed by atoms with van der Waals surface area (Å²) in [4.78, 5) is 0. The molecule has 0 saturated heterocycles. The summed E-state index contributed by atoms with van der Waals surface area (Å²) in [5.74, 6) is 1.83. The van der Waals surface area contributed by atoms with Crippen LogP contribution in [0.4, 0.5) is 0 Å². The molecule has 2 unspecified atom stereocenters. The first kappa shape index (κ1) is 11.4. The third-order valence-corrected chi connectivity index (χ3v) is 5.02. The molecule has 2 rings (SSSR count). The highest BCUT2D eigenvalue weighted by Crippen LogP contribution is 2.51. The molecule has 2 saturated carbocycles. The van der Waals surface area contributed by atoms with Crippen molar-refractivity contribution < 1.29 is 0 Å². The van der Waals surface area contributed by atoms with E-state index in [2.05, 4.69) is 26.1 Å². The Labute approximate surface area is 95.0 Å². The van der Waals surface area contributed by atoms with Crippen LogP contribution in [0.5, 0.6) is 0 Å². The Morgan fingerprint density at radius 3 is 2.53 bits per heavy atom. The van der Waals surface area contributed by atoms with E-state index in [1.165, 1.54) is 45.1 Å². The fourth-order valence-corrected chi connectivity index (χ4v) is 3.25. The molecule has 0 spiro atoms. The highest BCUT2D eigenvalue weighted by molar-refractivity contribution is 4.98. The second kappa shape index (κ2) is 4.45. The van der Waals surface area contributed by atoms with Gasteiger partial charge < -0.3 is 5.32 Å². The lowest BCUT2D eigenvalue weighted by Gasteiger charge is -2.26. The fraction of sp³-hybridized carbons (Fsp3) is 1.00. The van der Waals surface area contributed by atoms with Crippen LogP contribution in [0.25, 0.3) is 0 Å². The van der Waals surface area contributed by atoms with Crippen LogP contribution in [0.3, 0.4) is 0 Å². The molecule has 2 aliphatic rings. The zero-order chi connectivity index (χ0) is 10.9. The van der Waals surface area contributed by atoms with Crippen LogP contribution in [0.1, 0.15) is 59.3 Å². The molecule has 0 heterocycles. The van der Waals surface area contributed by atoms with E-state index < -0.39 is 0 Å². The molecular weight excluding hydrogens is 182 g/mol. The number of nitrogens with one attached hydrogen (secondary N) is 1. The van der Waals surface area contributed by atoms with Crippen LogP contribution in [-0.4, -0.2) is 12.6 Å². The summed E-state index contributed by atoms with van der Waals surface area (Å²) in [6.45, 7) is 8.41. The summed E-state index contributed by atoms with van der Waals surface area (Å²) in [5, 5.41) is 3.87. The molecule has 1 N–H and O–H groups in total. The van der Waals surface area contributed by atoms with Crippen LogP contribution >= 0.6 is 0 Å². The van der Waals surface area contributed by atoms with E-state index >= 15 is 0 Å². The van der Waals surface area contributed by atoms with Crippen molar-refractivity contribution in [2.75, 3.05) is 6.54 Å². The maximum atomic E-state index is 3.87. The first-order valence-corrected chi connectivity index (χ1v) is 6.91. The normalized spacial score (nSPS) is 33.6. The van der Waals surface area contributed by atoms with E-state index in [0.717, 1.165) is 17.9 Å². The molecule has 0 aliphatic heterocycles. The highest BCUT2D eigenvalue weighted by Gasteiger charge is 2.45. The van der Waals surface area contributed by atoms with Gasteiger partial charge in [-0.25, -0.2) is 0 Å². The Bertz CT molecular complexity index is 205. The van der Waals surface area contributed by atoms with Gasteiger partial charge in [-0.2, -0.15) is 0 Å². The van der Waals surface area contributed by atoms with E-state index in [0.29, 0.717) is 5.41 Å². The van der Waals surface area contributed by atoms with Crippen molar-refractivity contribution >= 4 is 0 Å². The zero-order valence-electron chi connectivity index (χ0n) is 10.7. The minimum atomic E-state index is 0.681.